The number of benzene rings is 1. The number of aromatic nitrogens is 1. The predicted molar refractivity (Wildman–Crippen MR) is 144 cm³/mol. The van der Waals surface area contributed by atoms with Gasteiger partial charge in [0.05, 0.1) is 19.4 Å². The number of thiocarbonyl (C=S) groups is 1. The first-order chi connectivity index (χ1) is 17.9. The van der Waals surface area contributed by atoms with E-state index in [1.54, 1.807) is 41.6 Å². The molecule has 2 fully saturated rings. The predicted octanol–water partition coefficient (Wildman–Crippen LogP) is 3.77. The summed E-state index contributed by atoms with van der Waals surface area (Å²) >= 11 is 7.15. The highest BCUT2D eigenvalue weighted by atomic mass is 32.2. The van der Waals surface area contributed by atoms with E-state index in [2.05, 4.69) is 4.98 Å². The van der Waals surface area contributed by atoms with Gasteiger partial charge in [-0.05, 0) is 55.9 Å². The van der Waals surface area contributed by atoms with Crippen molar-refractivity contribution in [1.29, 1.82) is 0 Å². The number of hydrogen-bond donors (Lipinski definition) is 0. The number of thioether (sulfide) groups is 1. The van der Waals surface area contributed by atoms with Crippen molar-refractivity contribution in [2.75, 3.05) is 32.1 Å². The topological polar surface area (TPSA) is 79.1 Å². The Hall–Kier alpha value is -3.21. The summed E-state index contributed by atoms with van der Waals surface area (Å²) in [4.78, 5) is 38.8. The van der Waals surface area contributed by atoms with Crippen molar-refractivity contribution in [2.45, 2.75) is 29.7 Å². The van der Waals surface area contributed by atoms with Crippen molar-refractivity contribution >= 4 is 45.8 Å². The Kier molecular flexibility index (Phi) is 5.66. The molecule has 5 heterocycles. The van der Waals surface area contributed by atoms with Crippen molar-refractivity contribution in [2.24, 2.45) is 0 Å². The van der Waals surface area contributed by atoms with E-state index in [1.807, 2.05) is 55.3 Å². The molecule has 2 amide bonds. The normalized spacial score (nSPS) is 27.2. The molecule has 1 aromatic carbocycles. The molecule has 0 aliphatic carbocycles. The molecule has 8 nitrogen and oxygen atoms in total. The first kappa shape index (κ1) is 24.1. The van der Waals surface area contributed by atoms with Crippen molar-refractivity contribution in [3.63, 3.8) is 0 Å². The molecule has 190 valence electrons. The quantitative estimate of drug-likeness (QED) is 0.458. The van der Waals surface area contributed by atoms with Crippen LogP contribution in [0.1, 0.15) is 29.7 Å². The van der Waals surface area contributed by atoms with Gasteiger partial charge in [0.1, 0.15) is 20.6 Å². The van der Waals surface area contributed by atoms with Gasteiger partial charge in [0, 0.05) is 43.2 Å². The lowest BCUT2D eigenvalue weighted by molar-refractivity contribution is -0.139. The number of likely N-dealkylation sites (tertiary alicyclic amines) is 1. The van der Waals surface area contributed by atoms with E-state index in [0.29, 0.717) is 29.0 Å². The SMILES string of the molecule is CCOc1ccc2c(c1)[C@]1(C(=O)N2C)N(C)C[C@@H](c2cccnc2)[C@]12SC(=S)N(Cc1ccco1)C2=O. The van der Waals surface area contributed by atoms with Gasteiger partial charge in [-0.3, -0.25) is 24.4 Å². The molecule has 10 heteroatoms. The van der Waals surface area contributed by atoms with Crippen LogP contribution in [0.5, 0.6) is 5.75 Å². The zero-order valence-electron chi connectivity index (χ0n) is 20.7. The summed E-state index contributed by atoms with van der Waals surface area (Å²) in [7, 11) is 3.68. The van der Waals surface area contributed by atoms with E-state index in [0.717, 1.165) is 16.8 Å². The third-order valence-corrected chi connectivity index (χ3v) is 9.66. The molecule has 0 saturated carbocycles. The third-order valence-electron chi connectivity index (χ3n) is 7.71. The number of hydrogen-bond acceptors (Lipinski definition) is 8. The Labute approximate surface area is 224 Å². The van der Waals surface area contributed by atoms with Gasteiger partial charge in [0.25, 0.3) is 5.91 Å². The van der Waals surface area contributed by atoms with Gasteiger partial charge in [0.15, 0.2) is 5.54 Å². The van der Waals surface area contributed by atoms with E-state index < -0.39 is 10.3 Å². The number of furan rings is 1. The summed E-state index contributed by atoms with van der Waals surface area (Å²) in [5.41, 5.74) is 1.10. The summed E-state index contributed by atoms with van der Waals surface area (Å²) < 4.78 is 10.6. The Morgan fingerprint density at radius 3 is 2.73 bits per heavy atom. The van der Waals surface area contributed by atoms with Gasteiger partial charge in [-0.2, -0.15) is 0 Å². The molecule has 3 aliphatic heterocycles. The smallest absolute Gasteiger partial charge is 0.254 e. The van der Waals surface area contributed by atoms with Crippen LogP contribution in [0.15, 0.2) is 65.5 Å². The number of fused-ring (bicyclic) bond motifs is 3. The van der Waals surface area contributed by atoms with Crippen LogP contribution in [-0.2, 0) is 21.7 Å². The summed E-state index contributed by atoms with van der Waals surface area (Å²) in [6, 6.07) is 13.1. The second-order valence-corrected chi connectivity index (χ2v) is 11.4. The molecule has 37 heavy (non-hydrogen) atoms. The number of nitrogens with zero attached hydrogens (tertiary/aromatic N) is 4. The van der Waals surface area contributed by atoms with Crippen LogP contribution >= 0.6 is 24.0 Å². The third kappa shape index (κ3) is 3.12. The van der Waals surface area contributed by atoms with Crippen LogP contribution in [0.4, 0.5) is 5.69 Å². The standard InChI is InChI=1S/C27H26N4O4S2/c1-4-34-18-9-10-22-20(13-18)26(23(32)30(22)3)27(21(16-29(26)2)17-7-5-11-28-14-17)24(33)31(25(36)37-27)15-19-8-6-12-35-19/h5-14,21H,4,15-16H2,1-3H3/t21-,26+,27+/m0/s1. The fraction of sp³-hybridized carbons (Fsp3) is 0.333. The number of carbonyl (C=O) groups excluding carboxylic acids is 2. The van der Waals surface area contributed by atoms with E-state index in [4.69, 9.17) is 21.4 Å². The minimum absolute atomic E-state index is 0.159. The summed E-state index contributed by atoms with van der Waals surface area (Å²) in [6.07, 6.45) is 5.07. The lowest BCUT2D eigenvalue weighted by atomic mass is 9.72. The van der Waals surface area contributed by atoms with Crippen molar-refractivity contribution in [1.82, 2.24) is 14.8 Å². The second-order valence-electron chi connectivity index (χ2n) is 9.48. The Balaban J connectivity index is 1.61. The van der Waals surface area contributed by atoms with Crippen molar-refractivity contribution < 1.29 is 18.7 Å². The maximum absolute atomic E-state index is 14.8. The van der Waals surface area contributed by atoms with Crippen LogP contribution in [0.2, 0.25) is 0 Å². The van der Waals surface area contributed by atoms with Gasteiger partial charge in [-0.25, -0.2) is 0 Å². The van der Waals surface area contributed by atoms with Gasteiger partial charge in [-0.1, -0.05) is 30.0 Å². The molecule has 0 radical (unpaired) electrons. The number of pyridine rings is 1. The maximum atomic E-state index is 14.8. The van der Waals surface area contributed by atoms with Gasteiger partial charge in [-0.15, -0.1) is 0 Å². The summed E-state index contributed by atoms with van der Waals surface area (Å²) in [5, 5.41) is 0. The highest BCUT2D eigenvalue weighted by molar-refractivity contribution is 8.25. The molecular weight excluding hydrogens is 508 g/mol. The van der Waals surface area contributed by atoms with Gasteiger partial charge < -0.3 is 14.1 Å². The van der Waals surface area contributed by atoms with Crippen molar-refractivity contribution in [3.05, 3.63) is 78.0 Å². The number of amides is 2. The molecule has 3 aliphatic rings. The molecule has 0 unspecified atom stereocenters. The van der Waals surface area contributed by atoms with Gasteiger partial charge >= 0.3 is 0 Å². The van der Waals surface area contributed by atoms with E-state index in [9.17, 15) is 9.59 Å². The average molecular weight is 535 g/mol. The first-order valence-electron chi connectivity index (χ1n) is 12.1. The number of ether oxygens (including phenoxy) is 1. The zero-order chi connectivity index (χ0) is 25.9. The highest BCUT2D eigenvalue weighted by Crippen LogP contribution is 2.66. The lowest BCUT2D eigenvalue weighted by Gasteiger charge is -2.42. The first-order valence-corrected chi connectivity index (χ1v) is 13.3. The van der Waals surface area contributed by atoms with Crippen LogP contribution in [-0.4, -0.2) is 62.9 Å². The maximum Gasteiger partial charge on any atom is 0.254 e. The minimum Gasteiger partial charge on any atom is -0.494 e. The van der Waals surface area contributed by atoms with Gasteiger partial charge in [0.2, 0.25) is 5.91 Å². The number of anilines is 1. The fourth-order valence-corrected chi connectivity index (χ4v) is 8.34. The zero-order valence-corrected chi connectivity index (χ0v) is 22.3. The minimum atomic E-state index is -1.30. The summed E-state index contributed by atoms with van der Waals surface area (Å²) in [5.74, 6) is 0.576. The van der Waals surface area contributed by atoms with E-state index in [1.165, 1.54) is 11.8 Å². The fourth-order valence-electron chi connectivity index (χ4n) is 6.21. The highest BCUT2D eigenvalue weighted by Gasteiger charge is 2.78. The van der Waals surface area contributed by atoms with Crippen LogP contribution < -0.4 is 9.64 Å². The monoisotopic (exact) mass is 534 g/mol. The Morgan fingerprint density at radius 2 is 2.03 bits per heavy atom. The Morgan fingerprint density at radius 1 is 1.19 bits per heavy atom. The van der Waals surface area contributed by atoms with Crippen molar-refractivity contribution in [3.8, 4) is 5.75 Å². The van der Waals surface area contributed by atoms with Crippen LogP contribution in [0.25, 0.3) is 0 Å². The molecular formula is C27H26N4O4S2. The second kappa shape index (κ2) is 8.68. The van der Waals surface area contributed by atoms with Crippen LogP contribution in [0, 0.1) is 0 Å². The molecule has 3 aromatic rings. The molecule has 0 N–H and O–H groups in total. The average Bonchev–Trinajstić information content (AvgIpc) is 3.62. The molecule has 6 rings (SSSR count). The van der Waals surface area contributed by atoms with E-state index >= 15 is 0 Å². The molecule has 0 bridgehead atoms. The Bertz CT molecular complexity index is 1400. The number of carbonyl (C=O) groups is 2. The lowest BCUT2D eigenvalue weighted by Crippen LogP contribution is -2.62. The molecule has 2 saturated heterocycles. The van der Waals surface area contributed by atoms with Crippen LogP contribution in [0.3, 0.4) is 0 Å². The summed E-state index contributed by atoms with van der Waals surface area (Å²) in [6.45, 7) is 3.08. The molecule has 3 atom stereocenters. The number of rotatable bonds is 5. The molecule has 2 aromatic heterocycles. The largest absolute Gasteiger partial charge is 0.494 e. The van der Waals surface area contributed by atoms with E-state index in [-0.39, 0.29) is 24.3 Å². The number of likely N-dealkylation sites (N-methyl/N-ethyl adjacent to an activating group) is 2. The molecule has 2 spiro atoms.